The number of para-hydroxylation sites is 2. The third-order valence-electron chi connectivity index (χ3n) is 6.47. The van der Waals surface area contributed by atoms with Crippen LogP contribution in [-0.2, 0) is 27.3 Å². The van der Waals surface area contributed by atoms with E-state index in [0.717, 1.165) is 5.52 Å². The smallest absolute Gasteiger partial charge is 0.407 e. The van der Waals surface area contributed by atoms with E-state index in [9.17, 15) is 19.2 Å². The van der Waals surface area contributed by atoms with E-state index in [1.807, 2.05) is 48.5 Å². The Morgan fingerprint density at radius 3 is 2.60 bits per heavy atom. The highest BCUT2D eigenvalue weighted by molar-refractivity contribution is 5.89. The van der Waals surface area contributed by atoms with Gasteiger partial charge in [-0.25, -0.2) is 9.78 Å². The molecule has 2 aromatic heterocycles. The molecule has 2 amide bonds. The van der Waals surface area contributed by atoms with Crippen molar-refractivity contribution < 1.29 is 23.9 Å². The number of alkyl carbamates (subject to hydrolysis) is 1. The number of nitrogens with one attached hydrogen (secondary N) is 2. The summed E-state index contributed by atoms with van der Waals surface area (Å²) < 4.78 is 12.1. The number of carbonyl (C=O) groups is 3. The number of methoxy groups -OCH3 is 1. The van der Waals surface area contributed by atoms with Crippen molar-refractivity contribution in [2.75, 3.05) is 21.2 Å². The number of Topliss-reactive ketones (excluding diaryl/α,β-unsaturated/α-hetero) is 1. The average molecular weight is 572 g/mol. The van der Waals surface area contributed by atoms with Crippen LogP contribution >= 0.6 is 0 Å². The molecule has 218 valence electrons. The van der Waals surface area contributed by atoms with Crippen molar-refractivity contribution in [1.29, 1.82) is 0 Å². The van der Waals surface area contributed by atoms with Crippen molar-refractivity contribution in [2.24, 2.45) is 0 Å². The molecule has 4 aromatic rings. The van der Waals surface area contributed by atoms with Gasteiger partial charge in [0, 0.05) is 32.3 Å². The molecular weight excluding hydrogens is 538 g/mol. The molecule has 2 N–H and O–H groups in total. The van der Waals surface area contributed by atoms with Gasteiger partial charge in [-0.05, 0) is 49.2 Å². The second-order valence-corrected chi connectivity index (χ2v) is 9.76. The first-order chi connectivity index (χ1) is 20.2. The molecule has 2 aromatic carbocycles. The molecule has 2 heterocycles. The van der Waals surface area contributed by atoms with Crippen LogP contribution in [0.25, 0.3) is 11.0 Å². The maximum Gasteiger partial charge on any atom is 0.407 e. The van der Waals surface area contributed by atoms with Crippen LogP contribution in [0.15, 0.2) is 83.8 Å². The van der Waals surface area contributed by atoms with Crippen molar-refractivity contribution in [1.82, 2.24) is 24.8 Å². The first-order valence-electron chi connectivity index (χ1n) is 13.4. The van der Waals surface area contributed by atoms with Gasteiger partial charge in [0.1, 0.15) is 17.1 Å². The number of allylic oxidation sites excluding steroid dienone is 1. The average Bonchev–Trinajstić information content (AvgIpc) is 3.40. The number of nitrogens with zero attached hydrogens (tertiary/aromatic N) is 3. The molecule has 0 saturated heterocycles. The number of hydrogen-bond donors (Lipinski definition) is 2. The van der Waals surface area contributed by atoms with E-state index < -0.39 is 12.1 Å². The molecule has 11 heteroatoms. The standard InChI is InChI=1S/C31H33N5O6/c1-35(2)28(38)17-8-7-14-23(33-31(40)41-3)25(37)19-21-11-10-18-36(30(21)39)20-27-32-24-15-9-16-26(29(24)34-27)42-22-12-5-4-6-13-22/h4-6,8-13,15-18,23H,7,14,19-20H2,1-3H3,(H,32,34)(H,33,40)/b17-8+/t23-/m0/s1. The lowest BCUT2D eigenvalue weighted by atomic mass is 10.0. The lowest BCUT2D eigenvalue weighted by Gasteiger charge is -2.16. The predicted molar refractivity (Wildman–Crippen MR) is 158 cm³/mol. The van der Waals surface area contributed by atoms with Gasteiger partial charge < -0.3 is 29.2 Å². The van der Waals surface area contributed by atoms with Crippen LogP contribution < -0.4 is 15.6 Å². The van der Waals surface area contributed by atoms with Gasteiger partial charge in [0.25, 0.3) is 5.56 Å². The summed E-state index contributed by atoms with van der Waals surface area (Å²) in [5, 5.41) is 2.53. The highest BCUT2D eigenvalue weighted by Gasteiger charge is 2.22. The summed E-state index contributed by atoms with van der Waals surface area (Å²) in [6, 6.07) is 17.3. The van der Waals surface area contributed by atoms with Crippen LogP contribution in [0.2, 0.25) is 0 Å². The summed E-state index contributed by atoms with van der Waals surface area (Å²) in [5.41, 5.74) is 1.33. The van der Waals surface area contributed by atoms with E-state index in [-0.39, 0.29) is 42.2 Å². The highest BCUT2D eigenvalue weighted by atomic mass is 16.5. The molecule has 0 spiro atoms. The number of imidazole rings is 1. The fourth-order valence-corrected chi connectivity index (χ4v) is 4.26. The normalized spacial score (nSPS) is 11.8. The SMILES string of the molecule is COC(=O)N[C@@H](CC/C=C/C(=O)N(C)C)C(=O)Cc1cccn(Cc2nc3c(Oc4ccccc4)cccc3[nH]2)c1=O. The maximum absolute atomic E-state index is 13.3. The molecule has 0 fully saturated rings. The number of carbonyl (C=O) groups excluding carboxylic acids is 3. The maximum atomic E-state index is 13.3. The minimum absolute atomic E-state index is 0.148. The van der Waals surface area contributed by atoms with Crippen molar-refractivity contribution in [3.63, 3.8) is 0 Å². The van der Waals surface area contributed by atoms with Crippen LogP contribution in [0.4, 0.5) is 4.79 Å². The summed E-state index contributed by atoms with van der Waals surface area (Å²) in [7, 11) is 4.48. The molecule has 0 aliphatic rings. The van der Waals surface area contributed by atoms with E-state index in [2.05, 4.69) is 20.0 Å². The number of aromatic nitrogens is 3. The van der Waals surface area contributed by atoms with E-state index >= 15 is 0 Å². The van der Waals surface area contributed by atoms with Gasteiger partial charge in [-0.3, -0.25) is 14.4 Å². The third kappa shape index (κ3) is 7.72. The van der Waals surface area contributed by atoms with E-state index in [0.29, 0.717) is 29.3 Å². The van der Waals surface area contributed by atoms with E-state index in [1.165, 1.54) is 22.7 Å². The van der Waals surface area contributed by atoms with Crippen LogP contribution in [0.1, 0.15) is 24.2 Å². The second kappa shape index (κ2) is 13.9. The largest absolute Gasteiger partial charge is 0.455 e. The number of H-pyrrole nitrogens is 1. The van der Waals surface area contributed by atoms with Gasteiger partial charge in [-0.15, -0.1) is 0 Å². The number of likely N-dealkylation sites (N-methyl/N-ethyl adjacent to an activating group) is 1. The number of aromatic amines is 1. The topological polar surface area (TPSA) is 136 Å². The van der Waals surface area contributed by atoms with Gasteiger partial charge in [-0.2, -0.15) is 0 Å². The Morgan fingerprint density at radius 2 is 1.86 bits per heavy atom. The first-order valence-corrected chi connectivity index (χ1v) is 13.4. The molecular formula is C31H33N5O6. The molecule has 1 atom stereocenters. The van der Waals surface area contributed by atoms with Gasteiger partial charge >= 0.3 is 6.09 Å². The Kier molecular flexibility index (Phi) is 9.88. The monoisotopic (exact) mass is 571 g/mol. The zero-order valence-corrected chi connectivity index (χ0v) is 23.7. The van der Waals surface area contributed by atoms with Crippen molar-refractivity contribution in [3.8, 4) is 11.5 Å². The number of amides is 2. The van der Waals surface area contributed by atoms with Crippen LogP contribution in [-0.4, -0.2) is 64.5 Å². The van der Waals surface area contributed by atoms with Gasteiger partial charge in [0.2, 0.25) is 5.91 Å². The van der Waals surface area contributed by atoms with Gasteiger partial charge in [0.15, 0.2) is 11.5 Å². The summed E-state index contributed by atoms with van der Waals surface area (Å²) in [5.74, 6) is 1.27. The minimum Gasteiger partial charge on any atom is -0.455 e. The first kappa shape index (κ1) is 29.8. The number of ketones is 1. The summed E-state index contributed by atoms with van der Waals surface area (Å²) in [6.07, 6.45) is 4.32. The quantitative estimate of drug-likeness (QED) is 0.247. The van der Waals surface area contributed by atoms with Gasteiger partial charge in [0.05, 0.1) is 25.2 Å². The fraction of sp³-hybridized carbons (Fsp3) is 0.258. The number of rotatable bonds is 12. The Bertz CT molecular complexity index is 1640. The number of benzene rings is 2. The van der Waals surface area contributed by atoms with Crippen LogP contribution in [0.5, 0.6) is 11.5 Å². The summed E-state index contributed by atoms with van der Waals surface area (Å²) >= 11 is 0. The zero-order valence-electron chi connectivity index (χ0n) is 23.7. The molecule has 0 aliphatic carbocycles. The van der Waals surface area contributed by atoms with E-state index in [1.54, 1.807) is 38.5 Å². The number of pyridine rings is 1. The molecule has 0 unspecified atom stereocenters. The Labute approximate surface area is 242 Å². The third-order valence-corrected chi connectivity index (χ3v) is 6.47. The van der Waals surface area contributed by atoms with Crippen LogP contribution in [0, 0.1) is 0 Å². The Balaban J connectivity index is 1.48. The molecule has 11 nitrogen and oxygen atoms in total. The highest BCUT2D eigenvalue weighted by Crippen LogP contribution is 2.28. The molecule has 0 saturated carbocycles. The fourth-order valence-electron chi connectivity index (χ4n) is 4.26. The molecule has 4 rings (SSSR count). The molecule has 0 radical (unpaired) electrons. The van der Waals surface area contributed by atoms with Crippen molar-refractivity contribution >= 4 is 28.8 Å². The lowest BCUT2D eigenvalue weighted by molar-refractivity contribution is -0.123. The molecule has 42 heavy (non-hydrogen) atoms. The molecule has 0 aliphatic heterocycles. The molecule has 0 bridgehead atoms. The van der Waals surface area contributed by atoms with Gasteiger partial charge in [-0.1, -0.05) is 36.4 Å². The number of ether oxygens (including phenoxy) is 2. The second-order valence-electron chi connectivity index (χ2n) is 9.76. The predicted octanol–water partition coefficient (Wildman–Crippen LogP) is 3.83. The Hall–Kier alpha value is -5.19. The van der Waals surface area contributed by atoms with E-state index in [4.69, 9.17) is 4.74 Å². The number of hydrogen-bond acceptors (Lipinski definition) is 7. The zero-order chi connectivity index (χ0) is 30.1. The van der Waals surface area contributed by atoms with Crippen molar-refractivity contribution in [3.05, 3.63) is 101 Å². The summed E-state index contributed by atoms with van der Waals surface area (Å²) in [4.78, 5) is 59.5. The number of fused-ring (bicyclic) bond motifs is 1. The van der Waals surface area contributed by atoms with Crippen molar-refractivity contribution in [2.45, 2.75) is 31.8 Å². The van der Waals surface area contributed by atoms with Crippen LogP contribution in [0.3, 0.4) is 0 Å². The lowest BCUT2D eigenvalue weighted by Crippen LogP contribution is -2.42. The minimum atomic E-state index is -0.900. The Morgan fingerprint density at radius 1 is 1.07 bits per heavy atom. The summed E-state index contributed by atoms with van der Waals surface area (Å²) in [6.45, 7) is 0.148.